The molecule has 7 nitrogen and oxygen atoms in total. The lowest BCUT2D eigenvalue weighted by Crippen LogP contribution is -2.51. The summed E-state index contributed by atoms with van der Waals surface area (Å²) >= 11 is 0. The maximum Gasteiger partial charge on any atom is 0.422 e. The highest BCUT2D eigenvalue weighted by atomic mass is 19.4. The Morgan fingerprint density at radius 3 is 2.51 bits per heavy atom. The van der Waals surface area contributed by atoms with Gasteiger partial charge in [0.25, 0.3) is 0 Å². The zero-order valence-electron chi connectivity index (χ0n) is 20.5. The Morgan fingerprint density at radius 2 is 1.89 bits per heavy atom. The van der Waals surface area contributed by atoms with E-state index in [0.29, 0.717) is 30.2 Å². The van der Waals surface area contributed by atoms with Gasteiger partial charge in [-0.2, -0.15) is 17.9 Å². The van der Waals surface area contributed by atoms with Crippen LogP contribution in [0.15, 0.2) is 12.3 Å². The van der Waals surface area contributed by atoms with Crippen LogP contribution in [0.1, 0.15) is 82.5 Å². The van der Waals surface area contributed by atoms with Gasteiger partial charge in [-0.25, -0.2) is 4.79 Å². The van der Waals surface area contributed by atoms with Crippen LogP contribution in [0.4, 0.5) is 18.0 Å². The molecule has 194 valence electrons. The third kappa shape index (κ3) is 5.35. The van der Waals surface area contributed by atoms with Crippen LogP contribution in [0.25, 0.3) is 0 Å². The van der Waals surface area contributed by atoms with Crippen molar-refractivity contribution in [1.82, 2.24) is 10.2 Å². The highest BCUT2D eigenvalue weighted by Crippen LogP contribution is 2.52. The molecule has 3 aliphatic rings. The van der Waals surface area contributed by atoms with E-state index in [2.05, 4.69) is 5.32 Å². The summed E-state index contributed by atoms with van der Waals surface area (Å²) in [6.45, 7) is 5.64. The standard InChI is InChI=1S/C25H34F3N3O4/c1-23(2,3)35-22(33)29-19-8-10-24(13-19,17-6-4-5-7-17)21(32)30-11-9-20-16(14-30)12-18(15-31(20)34)25(26,27)28/h12,15,17,19H,4-11,13-14H2,1-3H3,(H,29,33). The minimum Gasteiger partial charge on any atom is -0.618 e. The van der Waals surface area contributed by atoms with E-state index in [1.165, 1.54) is 0 Å². The number of alkyl halides is 3. The molecule has 2 atom stereocenters. The van der Waals surface area contributed by atoms with Gasteiger partial charge in [0.1, 0.15) is 11.2 Å². The number of rotatable bonds is 3. The summed E-state index contributed by atoms with van der Waals surface area (Å²) in [7, 11) is 0. The highest BCUT2D eigenvalue weighted by molar-refractivity contribution is 5.84. The zero-order valence-corrected chi connectivity index (χ0v) is 20.5. The topological polar surface area (TPSA) is 85.6 Å². The molecule has 2 fully saturated rings. The summed E-state index contributed by atoms with van der Waals surface area (Å²) in [5.41, 5.74) is -1.77. The molecule has 35 heavy (non-hydrogen) atoms. The Hall–Kier alpha value is -2.52. The van der Waals surface area contributed by atoms with Crippen LogP contribution in [0.3, 0.4) is 0 Å². The molecule has 1 aromatic rings. The number of halogens is 3. The van der Waals surface area contributed by atoms with Crippen LogP contribution in [0.5, 0.6) is 0 Å². The van der Waals surface area contributed by atoms with Crippen LogP contribution < -0.4 is 10.0 Å². The number of hydrogen-bond donors (Lipinski definition) is 1. The van der Waals surface area contributed by atoms with E-state index in [1.807, 2.05) is 0 Å². The Morgan fingerprint density at radius 1 is 1.20 bits per heavy atom. The Labute approximate surface area is 203 Å². The number of hydrogen-bond acceptors (Lipinski definition) is 4. The molecule has 2 saturated carbocycles. The van der Waals surface area contributed by atoms with E-state index in [9.17, 15) is 28.0 Å². The largest absolute Gasteiger partial charge is 0.618 e. The van der Waals surface area contributed by atoms with Crippen molar-refractivity contribution in [3.05, 3.63) is 34.3 Å². The predicted molar refractivity (Wildman–Crippen MR) is 121 cm³/mol. The summed E-state index contributed by atoms with van der Waals surface area (Å²) in [5.74, 6) is 0.103. The number of nitrogens with one attached hydrogen (secondary N) is 1. The molecule has 10 heteroatoms. The number of ether oxygens (including phenoxy) is 1. The third-order valence-corrected chi connectivity index (χ3v) is 7.65. The van der Waals surface area contributed by atoms with Gasteiger partial charge in [-0.3, -0.25) is 4.79 Å². The highest BCUT2D eigenvalue weighted by Gasteiger charge is 2.53. The van der Waals surface area contributed by atoms with E-state index in [0.717, 1.165) is 31.7 Å². The molecule has 0 aromatic carbocycles. The molecule has 2 amide bonds. The van der Waals surface area contributed by atoms with Crippen LogP contribution >= 0.6 is 0 Å². The average Bonchev–Trinajstić information content (AvgIpc) is 3.41. The second-order valence-electron chi connectivity index (χ2n) is 11.2. The maximum absolute atomic E-state index is 14.0. The van der Waals surface area contributed by atoms with Gasteiger partial charge in [0.15, 0.2) is 11.9 Å². The number of aromatic nitrogens is 1. The number of fused-ring (bicyclic) bond motifs is 1. The Kier molecular flexibility index (Phi) is 6.70. The summed E-state index contributed by atoms with van der Waals surface area (Å²) in [6, 6.07) is 0.791. The molecule has 2 heterocycles. The Balaban J connectivity index is 1.55. The van der Waals surface area contributed by atoms with Gasteiger partial charge in [0.2, 0.25) is 5.91 Å². The van der Waals surface area contributed by atoms with Gasteiger partial charge in [-0.05, 0) is 64.9 Å². The third-order valence-electron chi connectivity index (χ3n) is 7.65. The van der Waals surface area contributed by atoms with Crippen molar-refractivity contribution in [3.8, 4) is 0 Å². The number of alkyl carbamates (subject to hydrolysis) is 1. The van der Waals surface area contributed by atoms with Crippen molar-refractivity contribution in [2.75, 3.05) is 6.54 Å². The fourth-order valence-corrected chi connectivity index (χ4v) is 6.12. The van der Waals surface area contributed by atoms with Crippen molar-refractivity contribution < 1.29 is 32.2 Å². The minimum absolute atomic E-state index is 0.0149. The first-order chi connectivity index (χ1) is 16.3. The molecular formula is C25H34F3N3O4. The first-order valence-electron chi connectivity index (χ1n) is 12.4. The number of carbonyl (C=O) groups is 2. The maximum atomic E-state index is 14.0. The van der Waals surface area contributed by atoms with Crippen LogP contribution in [-0.2, 0) is 28.7 Å². The second-order valence-corrected chi connectivity index (χ2v) is 11.2. The van der Waals surface area contributed by atoms with Gasteiger partial charge < -0.3 is 20.2 Å². The summed E-state index contributed by atoms with van der Waals surface area (Å²) in [6.07, 6.45) is 1.31. The van der Waals surface area contributed by atoms with Crippen molar-refractivity contribution in [3.63, 3.8) is 0 Å². The lowest BCUT2D eigenvalue weighted by molar-refractivity contribution is -0.616. The smallest absolute Gasteiger partial charge is 0.422 e. The first kappa shape index (κ1) is 25.6. The van der Waals surface area contributed by atoms with Crippen LogP contribution in [-0.4, -0.2) is 35.1 Å². The molecule has 0 spiro atoms. The number of pyridine rings is 1. The molecule has 4 rings (SSSR count). The number of carbonyl (C=O) groups excluding carboxylic acids is 2. The van der Waals surface area contributed by atoms with Crippen molar-refractivity contribution in [2.45, 2.75) is 96.5 Å². The average molecular weight is 498 g/mol. The molecule has 0 saturated heterocycles. The van der Waals surface area contributed by atoms with E-state index in [4.69, 9.17) is 4.74 Å². The molecule has 1 N–H and O–H groups in total. The number of amides is 2. The Bertz CT molecular complexity index is 985. The van der Waals surface area contributed by atoms with Crippen LogP contribution in [0.2, 0.25) is 0 Å². The molecule has 0 radical (unpaired) electrons. The summed E-state index contributed by atoms with van der Waals surface area (Å²) in [5, 5.41) is 15.2. The molecule has 1 aliphatic heterocycles. The van der Waals surface area contributed by atoms with E-state index in [-0.39, 0.29) is 48.6 Å². The SMILES string of the molecule is CC(C)(C)OC(=O)NC1CCC(C(=O)N2CCc3c(cc(C(F)(F)F)c[n+]3[O-])C2)(C2CCCC2)C1. The monoisotopic (exact) mass is 497 g/mol. The van der Waals surface area contributed by atoms with Crippen molar-refractivity contribution in [1.29, 1.82) is 0 Å². The van der Waals surface area contributed by atoms with Gasteiger partial charge >= 0.3 is 12.3 Å². The molecule has 2 unspecified atom stereocenters. The number of nitrogens with zero attached hydrogens (tertiary/aromatic N) is 2. The fourth-order valence-electron chi connectivity index (χ4n) is 6.12. The zero-order chi connectivity index (χ0) is 25.6. The lowest BCUT2D eigenvalue weighted by atomic mass is 9.71. The van der Waals surface area contributed by atoms with Gasteiger partial charge in [-0.15, -0.1) is 0 Å². The first-order valence-corrected chi connectivity index (χ1v) is 12.4. The van der Waals surface area contributed by atoms with Gasteiger partial charge in [-0.1, -0.05) is 12.8 Å². The normalized spacial score (nSPS) is 25.4. The van der Waals surface area contributed by atoms with E-state index >= 15 is 0 Å². The van der Waals surface area contributed by atoms with Gasteiger partial charge in [0, 0.05) is 18.2 Å². The van der Waals surface area contributed by atoms with Crippen LogP contribution in [0, 0.1) is 16.5 Å². The van der Waals surface area contributed by atoms with Crippen molar-refractivity contribution >= 4 is 12.0 Å². The fraction of sp³-hybridized carbons (Fsp3) is 0.720. The molecule has 1 aromatic heterocycles. The predicted octanol–water partition coefficient (Wildman–Crippen LogP) is 4.48. The van der Waals surface area contributed by atoms with Gasteiger partial charge in [0.05, 0.1) is 18.4 Å². The summed E-state index contributed by atoms with van der Waals surface area (Å²) in [4.78, 5) is 28.0. The van der Waals surface area contributed by atoms with Crippen molar-refractivity contribution in [2.24, 2.45) is 11.3 Å². The minimum atomic E-state index is -4.63. The van der Waals surface area contributed by atoms with E-state index < -0.39 is 28.8 Å². The quantitative estimate of drug-likeness (QED) is 0.493. The molecular weight excluding hydrogens is 463 g/mol. The molecule has 2 aliphatic carbocycles. The lowest BCUT2D eigenvalue weighted by Gasteiger charge is -2.40. The van der Waals surface area contributed by atoms with E-state index in [1.54, 1.807) is 25.7 Å². The molecule has 0 bridgehead atoms. The summed E-state index contributed by atoms with van der Waals surface area (Å²) < 4.78 is 45.5. The second kappa shape index (κ2) is 9.17.